The number of thioether (sulfide) groups is 1. The van der Waals surface area contributed by atoms with E-state index in [4.69, 9.17) is 4.74 Å². The SMILES string of the molecule is CCOCCCCNC(=NC)NCC1(C)CCCS1.I. The number of aliphatic imine (C=N–C) groups is 1. The molecule has 20 heavy (non-hydrogen) atoms. The maximum Gasteiger partial charge on any atom is 0.191 e. The molecule has 0 saturated carbocycles. The van der Waals surface area contributed by atoms with Crippen molar-refractivity contribution >= 4 is 41.7 Å². The van der Waals surface area contributed by atoms with Crippen molar-refractivity contribution in [2.45, 2.75) is 44.3 Å². The highest BCUT2D eigenvalue weighted by molar-refractivity contribution is 14.0. The number of nitrogens with zero attached hydrogens (tertiary/aromatic N) is 1. The van der Waals surface area contributed by atoms with Crippen molar-refractivity contribution in [2.24, 2.45) is 4.99 Å². The molecule has 6 heteroatoms. The van der Waals surface area contributed by atoms with E-state index in [9.17, 15) is 0 Å². The summed E-state index contributed by atoms with van der Waals surface area (Å²) in [6.45, 7) is 8.00. The van der Waals surface area contributed by atoms with Crippen molar-refractivity contribution in [1.82, 2.24) is 10.6 Å². The van der Waals surface area contributed by atoms with Gasteiger partial charge in [-0.3, -0.25) is 4.99 Å². The molecule has 0 aromatic carbocycles. The van der Waals surface area contributed by atoms with Crippen LogP contribution in [0.5, 0.6) is 0 Å². The molecule has 1 aliphatic rings. The number of guanidine groups is 1. The molecule has 1 rings (SSSR count). The number of ether oxygens (including phenoxy) is 1. The van der Waals surface area contributed by atoms with Crippen LogP contribution in [-0.4, -0.2) is 49.8 Å². The summed E-state index contributed by atoms with van der Waals surface area (Å²) in [5, 5.41) is 6.80. The van der Waals surface area contributed by atoms with Gasteiger partial charge in [-0.1, -0.05) is 0 Å². The fourth-order valence-electron chi connectivity index (χ4n) is 2.15. The van der Waals surface area contributed by atoms with Crippen LogP contribution in [0.4, 0.5) is 0 Å². The van der Waals surface area contributed by atoms with Crippen molar-refractivity contribution in [3.8, 4) is 0 Å². The Morgan fingerprint density at radius 3 is 2.75 bits per heavy atom. The summed E-state index contributed by atoms with van der Waals surface area (Å²) >= 11 is 2.07. The third kappa shape index (κ3) is 8.56. The second-order valence-corrected chi connectivity index (χ2v) is 6.84. The Morgan fingerprint density at radius 2 is 2.15 bits per heavy atom. The van der Waals surface area contributed by atoms with Gasteiger partial charge in [-0.25, -0.2) is 0 Å². The third-order valence-electron chi connectivity index (χ3n) is 3.37. The fourth-order valence-corrected chi connectivity index (χ4v) is 3.39. The first kappa shape index (κ1) is 20.3. The molecule has 0 aliphatic carbocycles. The zero-order valence-electron chi connectivity index (χ0n) is 13.0. The summed E-state index contributed by atoms with van der Waals surface area (Å²) in [6, 6.07) is 0. The first-order valence-corrected chi connectivity index (χ1v) is 8.35. The lowest BCUT2D eigenvalue weighted by Gasteiger charge is -2.24. The van der Waals surface area contributed by atoms with Crippen LogP contribution >= 0.6 is 35.7 Å². The molecule has 1 atom stereocenters. The van der Waals surface area contributed by atoms with Crippen LogP contribution < -0.4 is 10.6 Å². The maximum atomic E-state index is 5.32. The molecule has 2 N–H and O–H groups in total. The van der Waals surface area contributed by atoms with Crippen molar-refractivity contribution in [3.05, 3.63) is 0 Å². The van der Waals surface area contributed by atoms with Crippen molar-refractivity contribution in [2.75, 3.05) is 39.1 Å². The van der Waals surface area contributed by atoms with E-state index >= 15 is 0 Å². The maximum absolute atomic E-state index is 5.32. The number of rotatable bonds is 8. The molecular weight excluding hydrogens is 385 g/mol. The molecule has 1 saturated heterocycles. The van der Waals surface area contributed by atoms with E-state index in [1.807, 2.05) is 14.0 Å². The molecule has 0 aromatic heterocycles. The van der Waals surface area contributed by atoms with Crippen LogP contribution in [0, 0.1) is 0 Å². The average Bonchev–Trinajstić information content (AvgIpc) is 2.84. The van der Waals surface area contributed by atoms with Gasteiger partial charge in [-0.05, 0) is 45.3 Å². The third-order valence-corrected chi connectivity index (χ3v) is 4.90. The highest BCUT2D eigenvalue weighted by Crippen LogP contribution is 2.36. The van der Waals surface area contributed by atoms with Gasteiger partial charge in [0.15, 0.2) is 5.96 Å². The fraction of sp³-hybridized carbons (Fsp3) is 0.929. The number of hydrogen-bond acceptors (Lipinski definition) is 3. The van der Waals surface area contributed by atoms with Crippen LogP contribution in [-0.2, 0) is 4.74 Å². The minimum Gasteiger partial charge on any atom is -0.382 e. The summed E-state index contributed by atoms with van der Waals surface area (Å²) in [6.07, 6.45) is 4.86. The molecule has 1 fully saturated rings. The quantitative estimate of drug-likeness (QED) is 0.277. The molecule has 1 heterocycles. The molecule has 1 aliphatic heterocycles. The summed E-state index contributed by atoms with van der Waals surface area (Å²) in [7, 11) is 1.83. The Kier molecular flexibility index (Phi) is 12.1. The Bertz CT molecular complexity index is 271. The molecule has 0 amide bonds. The molecule has 0 radical (unpaired) electrons. The number of unbranched alkanes of at least 4 members (excludes halogenated alkanes) is 1. The summed E-state index contributed by atoms with van der Waals surface area (Å²) in [4.78, 5) is 4.27. The van der Waals surface area contributed by atoms with E-state index < -0.39 is 0 Å². The van der Waals surface area contributed by atoms with Gasteiger partial charge in [0.25, 0.3) is 0 Å². The zero-order chi connectivity index (χ0) is 14.0. The number of halogens is 1. The van der Waals surface area contributed by atoms with E-state index in [0.29, 0.717) is 4.75 Å². The normalized spacial score (nSPS) is 22.4. The van der Waals surface area contributed by atoms with Crippen LogP contribution in [0.3, 0.4) is 0 Å². The largest absolute Gasteiger partial charge is 0.382 e. The number of hydrogen-bond donors (Lipinski definition) is 2. The topological polar surface area (TPSA) is 45.6 Å². The van der Waals surface area contributed by atoms with Crippen LogP contribution in [0.1, 0.15) is 39.5 Å². The van der Waals surface area contributed by atoms with Gasteiger partial charge in [0.05, 0.1) is 0 Å². The second kappa shape index (κ2) is 11.9. The molecule has 1 unspecified atom stereocenters. The van der Waals surface area contributed by atoms with E-state index in [1.165, 1.54) is 18.6 Å². The summed E-state index contributed by atoms with van der Waals surface area (Å²) in [5.74, 6) is 2.21. The van der Waals surface area contributed by atoms with Crippen LogP contribution in [0.15, 0.2) is 4.99 Å². The average molecular weight is 415 g/mol. The van der Waals surface area contributed by atoms with Gasteiger partial charge in [-0.2, -0.15) is 11.8 Å². The van der Waals surface area contributed by atoms with Crippen molar-refractivity contribution < 1.29 is 4.74 Å². The Morgan fingerprint density at radius 1 is 1.35 bits per heavy atom. The van der Waals surface area contributed by atoms with Crippen LogP contribution in [0.2, 0.25) is 0 Å². The summed E-state index contributed by atoms with van der Waals surface area (Å²) < 4.78 is 5.70. The van der Waals surface area contributed by atoms with Crippen molar-refractivity contribution in [1.29, 1.82) is 0 Å². The Balaban J connectivity index is 0.00000361. The standard InChI is InChI=1S/C14H29N3OS.HI/c1-4-18-10-6-5-9-16-13(15-3)17-12-14(2)8-7-11-19-14;/h4-12H2,1-3H3,(H2,15,16,17);1H. The molecular formula is C14H30IN3OS. The van der Waals surface area contributed by atoms with Gasteiger partial charge in [-0.15, -0.1) is 24.0 Å². The zero-order valence-corrected chi connectivity index (χ0v) is 16.2. The smallest absolute Gasteiger partial charge is 0.191 e. The van der Waals surface area contributed by atoms with E-state index in [0.717, 1.165) is 45.1 Å². The lowest BCUT2D eigenvalue weighted by atomic mass is 10.1. The van der Waals surface area contributed by atoms with Gasteiger partial charge < -0.3 is 15.4 Å². The predicted molar refractivity (Wildman–Crippen MR) is 101 cm³/mol. The molecule has 0 aromatic rings. The first-order valence-electron chi connectivity index (χ1n) is 7.36. The molecule has 120 valence electrons. The van der Waals surface area contributed by atoms with Crippen LogP contribution in [0.25, 0.3) is 0 Å². The monoisotopic (exact) mass is 415 g/mol. The molecule has 0 spiro atoms. The van der Waals surface area contributed by atoms with Gasteiger partial charge in [0, 0.05) is 38.1 Å². The predicted octanol–water partition coefficient (Wildman–Crippen LogP) is 2.87. The van der Waals surface area contributed by atoms with E-state index in [-0.39, 0.29) is 24.0 Å². The lowest BCUT2D eigenvalue weighted by molar-refractivity contribution is 0.143. The second-order valence-electron chi connectivity index (χ2n) is 5.16. The highest BCUT2D eigenvalue weighted by atomic mass is 127. The van der Waals surface area contributed by atoms with E-state index in [1.54, 1.807) is 0 Å². The minimum atomic E-state index is 0. The molecule has 0 bridgehead atoms. The number of nitrogens with one attached hydrogen (secondary N) is 2. The Labute approximate surface area is 145 Å². The van der Waals surface area contributed by atoms with Crippen molar-refractivity contribution in [3.63, 3.8) is 0 Å². The minimum absolute atomic E-state index is 0. The highest BCUT2D eigenvalue weighted by Gasteiger charge is 2.29. The first-order chi connectivity index (χ1) is 9.20. The Hall–Kier alpha value is 0.310. The molecule has 4 nitrogen and oxygen atoms in total. The van der Waals surface area contributed by atoms with Gasteiger partial charge in [0.2, 0.25) is 0 Å². The lowest BCUT2D eigenvalue weighted by Crippen LogP contribution is -2.43. The summed E-state index contributed by atoms with van der Waals surface area (Å²) in [5.41, 5.74) is 0. The van der Waals surface area contributed by atoms with E-state index in [2.05, 4.69) is 34.3 Å². The van der Waals surface area contributed by atoms with Gasteiger partial charge in [0.1, 0.15) is 0 Å². The van der Waals surface area contributed by atoms with Gasteiger partial charge >= 0.3 is 0 Å².